The van der Waals surface area contributed by atoms with Crippen LogP contribution in [0.15, 0.2) is 182 Å². The third kappa shape index (κ3) is 4.55. The maximum absolute atomic E-state index is 2.41. The van der Waals surface area contributed by atoms with Crippen molar-refractivity contribution in [3.63, 3.8) is 0 Å². The lowest BCUT2D eigenvalue weighted by atomic mass is 10.0. The third-order valence-electron chi connectivity index (χ3n) is 9.76. The van der Waals surface area contributed by atoms with Crippen LogP contribution in [-0.4, -0.2) is 4.57 Å². The molecule has 0 amide bonds. The first-order valence-electron chi connectivity index (χ1n) is 16.7. The highest BCUT2D eigenvalue weighted by atomic mass is 32.1. The van der Waals surface area contributed by atoms with Gasteiger partial charge in [-0.25, -0.2) is 0 Å². The van der Waals surface area contributed by atoms with Gasteiger partial charge in [-0.2, -0.15) is 0 Å². The van der Waals surface area contributed by atoms with Gasteiger partial charge in [0.2, 0.25) is 0 Å². The van der Waals surface area contributed by atoms with Crippen molar-refractivity contribution in [2.24, 2.45) is 0 Å². The van der Waals surface area contributed by atoms with E-state index in [-0.39, 0.29) is 0 Å². The van der Waals surface area contributed by atoms with Gasteiger partial charge in [0.1, 0.15) is 0 Å². The highest BCUT2D eigenvalue weighted by Crippen LogP contribution is 2.42. The number of benzene rings is 8. The Bertz CT molecular complexity index is 2830. The summed E-state index contributed by atoms with van der Waals surface area (Å²) < 4.78 is 5.01. The van der Waals surface area contributed by atoms with Crippen molar-refractivity contribution in [1.29, 1.82) is 0 Å². The SMILES string of the molecule is c1ccc(-c2cccc(N(c3ccc(-n4c5ccccc5c5c6ccccc6ccc54)cc3)c3ccc4c(c3)sc3ccccc34)c2)cc1. The molecule has 0 spiro atoms. The van der Waals surface area contributed by atoms with Gasteiger partial charge < -0.3 is 9.47 Å². The predicted octanol–water partition coefficient (Wildman–Crippen LogP) is 13.4. The standard InChI is InChI=1S/C46H30N2S/c1-2-11-31(12-3-1)33-14-10-15-36(29-33)47(37-26-27-40-39-17-7-9-20-44(39)49-45(40)30-37)34-22-24-35(25-23-34)48-42-19-8-6-18-41(42)46-38-16-5-4-13-32(38)21-28-43(46)48/h1-30H. The molecule has 0 atom stereocenters. The van der Waals surface area contributed by atoms with E-state index >= 15 is 0 Å². The molecule has 10 aromatic rings. The lowest BCUT2D eigenvalue weighted by molar-refractivity contribution is 1.17. The molecule has 0 N–H and O–H groups in total. The Hall–Kier alpha value is -6.16. The summed E-state index contributed by atoms with van der Waals surface area (Å²) in [6.45, 7) is 0. The Morgan fingerprint density at radius 3 is 1.94 bits per heavy atom. The number of rotatable bonds is 5. The predicted molar refractivity (Wildman–Crippen MR) is 211 cm³/mol. The Balaban J connectivity index is 1.15. The number of thiophene rings is 1. The highest BCUT2D eigenvalue weighted by molar-refractivity contribution is 7.25. The van der Waals surface area contributed by atoms with Gasteiger partial charge >= 0.3 is 0 Å². The second kappa shape index (κ2) is 11.2. The third-order valence-corrected chi connectivity index (χ3v) is 10.9. The molecule has 0 aliphatic carbocycles. The molecule has 2 heterocycles. The number of para-hydroxylation sites is 1. The van der Waals surface area contributed by atoms with Crippen LogP contribution in [0.5, 0.6) is 0 Å². The molecule has 0 saturated heterocycles. The first-order valence-corrected chi connectivity index (χ1v) is 17.5. The van der Waals surface area contributed by atoms with Crippen molar-refractivity contribution in [3.05, 3.63) is 182 Å². The molecule has 10 rings (SSSR count). The summed E-state index contributed by atoms with van der Waals surface area (Å²) in [5, 5.41) is 7.74. The summed E-state index contributed by atoms with van der Waals surface area (Å²) in [5.41, 5.74) is 9.35. The van der Waals surface area contributed by atoms with Crippen molar-refractivity contribution in [1.82, 2.24) is 4.57 Å². The Morgan fingerprint density at radius 2 is 1.06 bits per heavy atom. The van der Waals surface area contributed by atoms with Crippen molar-refractivity contribution in [2.45, 2.75) is 0 Å². The molecular formula is C46H30N2S. The Morgan fingerprint density at radius 1 is 0.388 bits per heavy atom. The molecule has 0 aliphatic heterocycles. The molecule has 0 saturated carbocycles. The number of hydrogen-bond acceptors (Lipinski definition) is 2. The van der Waals surface area contributed by atoms with Gasteiger partial charge in [-0.15, -0.1) is 11.3 Å². The van der Waals surface area contributed by atoms with E-state index in [1.165, 1.54) is 63.9 Å². The van der Waals surface area contributed by atoms with E-state index in [2.05, 4.69) is 191 Å². The molecular weight excluding hydrogens is 613 g/mol. The molecule has 2 nitrogen and oxygen atoms in total. The van der Waals surface area contributed by atoms with Crippen LogP contribution >= 0.6 is 11.3 Å². The van der Waals surface area contributed by atoms with E-state index in [0.29, 0.717) is 0 Å². The van der Waals surface area contributed by atoms with Gasteiger partial charge in [-0.1, -0.05) is 115 Å². The van der Waals surface area contributed by atoms with E-state index in [1.807, 2.05) is 11.3 Å². The molecule has 0 fully saturated rings. The molecule has 49 heavy (non-hydrogen) atoms. The van der Waals surface area contributed by atoms with Crippen molar-refractivity contribution >= 4 is 81.1 Å². The van der Waals surface area contributed by atoms with Gasteiger partial charge in [-0.3, -0.25) is 0 Å². The normalized spacial score (nSPS) is 11.7. The first-order chi connectivity index (χ1) is 24.3. The summed E-state index contributed by atoms with van der Waals surface area (Å²) in [6, 6.07) is 66.2. The van der Waals surface area contributed by atoms with Crippen molar-refractivity contribution in [3.8, 4) is 16.8 Å². The van der Waals surface area contributed by atoms with Crippen molar-refractivity contribution < 1.29 is 0 Å². The summed E-state index contributed by atoms with van der Waals surface area (Å²) >= 11 is 1.86. The molecule has 230 valence electrons. The van der Waals surface area contributed by atoms with Gasteiger partial charge in [0.25, 0.3) is 0 Å². The van der Waals surface area contributed by atoms with E-state index in [1.54, 1.807) is 0 Å². The number of hydrogen-bond donors (Lipinski definition) is 0. The second-order valence-electron chi connectivity index (χ2n) is 12.6. The fourth-order valence-corrected chi connectivity index (χ4v) is 8.66. The van der Waals surface area contributed by atoms with E-state index < -0.39 is 0 Å². The minimum absolute atomic E-state index is 1.11. The van der Waals surface area contributed by atoms with Crippen LogP contribution in [0.4, 0.5) is 17.1 Å². The zero-order chi connectivity index (χ0) is 32.3. The van der Waals surface area contributed by atoms with Gasteiger partial charge in [0.15, 0.2) is 0 Å². The summed E-state index contributed by atoms with van der Waals surface area (Å²) in [7, 11) is 0. The maximum Gasteiger partial charge on any atom is 0.0547 e. The van der Waals surface area contributed by atoms with Gasteiger partial charge in [0.05, 0.1) is 11.0 Å². The number of fused-ring (bicyclic) bond motifs is 8. The largest absolute Gasteiger partial charge is 0.310 e. The van der Waals surface area contributed by atoms with Gasteiger partial charge in [-0.05, 0) is 88.6 Å². The zero-order valence-electron chi connectivity index (χ0n) is 26.6. The minimum atomic E-state index is 1.11. The smallest absolute Gasteiger partial charge is 0.0547 e. The summed E-state index contributed by atoms with van der Waals surface area (Å²) in [5.74, 6) is 0. The molecule has 0 aliphatic rings. The van der Waals surface area contributed by atoms with E-state index in [4.69, 9.17) is 0 Å². The lowest BCUT2D eigenvalue weighted by Gasteiger charge is -2.26. The topological polar surface area (TPSA) is 8.17 Å². The maximum atomic E-state index is 2.41. The first kappa shape index (κ1) is 27.9. The molecule has 0 unspecified atom stereocenters. The Kier molecular flexibility index (Phi) is 6.39. The van der Waals surface area contributed by atoms with Crippen molar-refractivity contribution in [2.75, 3.05) is 4.90 Å². The number of nitrogens with zero attached hydrogens (tertiary/aromatic N) is 2. The van der Waals surface area contributed by atoms with E-state index in [9.17, 15) is 0 Å². The van der Waals surface area contributed by atoms with Crippen LogP contribution in [0.1, 0.15) is 0 Å². The van der Waals surface area contributed by atoms with Crippen LogP contribution < -0.4 is 4.90 Å². The fraction of sp³-hybridized carbons (Fsp3) is 0. The molecule has 8 aromatic carbocycles. The fourth-order valence-electron chi connectivity index (χ4n) is 7.52. The van der Waals surface area contributed by atoms with Crippen LogP contribution in [0.2, 0.25) is 0 Å². The average molecular weight is 643 g/mol. The molecule has 0 bridgehead atoms. The highest BCUT2D eigenvalue weighted by Gasteiger charge is 2.18. The van der Waals surface area contributed by atoms with Crippen LogP contribution in [0, 0.1) is 0 Å². The van der Waals surface area contributed by atoms with Crippen LogP contribution in [0.3, 0.4) is 0 Å². The van der Waals surface area contributed by atoms with Gasteiger partial charge in [0, 0.05) is 53.7 Å². The average Bonchev–Trinajstić information content (AvgIpc) is 3.71. The Labute approximate surface area is 288 Å². The molecule has 2 aromatic heterocycles. The van der Waals surface area contributed by atoms with Crippen LogP contribution in [0.25, 0.3) is 69.6 Å². The minimum Gasteiger partial charge on any atom is -0.310 e. The number of anilines is 3. The summed E-state index contributed by atoms with van der Waals surface area (Å²) in [4.78, 5) is 2.39. The second-order valence-corrected chi connectivity index (χ2v) is 13.7. The monoisotopic (exact) mass is 642 g/mol. The van der Waals surface area contributed by atoms with E-state index in [0.717, 1.165) is 22.7 Å². The van der Waals surface area contributed by atoms with Crippen LogP contribution in [-0.2, 0) is 0 Å². The molecule has 3 heteroatoms. The molecule has 0 radical (unpaired) electrons. The quantitative estimate of drug-likeness (QED) is 0.181. The lowest BCUT2D eigenvalue weighted by Crippen LogP contribution is -2.10. The zero-order valence-corrected chi connectivity index (χ0v) is 27.4. The number of aromatic nitrogens is 1. The summed E-state index contributed by atoms with van der Waals surface area (Å²) in [6.07, 6.45) is 0.